The molecule has 1 saturated heterocycles. The molecule has 3 rings (SSSR count). The van der Waals surface area contributed by atoms with Crippen LogP contribution in [0.15, 0.2) is 0 Å². The highest BCUT2D eigenvalue weighted by Crippen LogP contribution is 2.45. The van der Waals surface area contributed by atoms with Gasteiger partial charge in [0.25, 0.3) is 0 Å². The van der Waals surface area contributed by atoms with Crippen LogP contribution in [0, 0.1) is 11.8 Å². The van der Waals surface area contributed by atoms with E-state index in [-0.39, 0.29) is 0 Å². The van der Waals surface area contributed by atoms with Crippen molar-refractivity contribution in [2.45, 2.75) is 95.6 Å². The van der Waals surface area contributed by atoms with E-state index < -0.39 is 0 Å². The van der Waals surface area contributed by atoms with E-state index in [9.17, 15) is 0 Å². The van der Waals surface area contributed by atoms with E-state index in [2.05, 4.69) is 11.8 Å². The van der Waals surface area contributed by atoms with Crippen LogP contribution < -0.4 is 5.73 Å². The van der Waals surface area contributed by atoms with Crippen molar-refractivity contribution in [3.63, 3.8) is 0 Å². The summed E-state index contributed by atoms with van der Waals surface area (Å²) >= 11 is 0. The summed E-state index contributed by atoms with van der Waals surface area (Å²) in [7, 11) is 0. The van der Waals surface area contributed by atoms with Crippen molar-refractivity contribution in [3.05, 3.63) is 0 Å². The first kappa shape index (κ1) is 15.8. The third kappa shape index (κ3) is 3.03. The molecule has 3 aliphatic rings. The largest absolute Gasteiger partial charge is 0.326 e. The number of hydrogen-bond donors (Lipinski definition) is 1. The molecule has 3 fully saturated rings. The fourth-order valence-electron chi connectivity index (χ4n) is 5.80. The summed E-state index contributed by atoms with van der Waals surface area (Å²) in [6.45, 7) is 5.02. The fraction of sp³-hybridized carbons (Fsp3) is 1.00. The van der Waals surface area contributed by atoms with E-state index in [4.69, 9.17) is 5.73 Å². The van der Waals surface area contributed by atoms with Crippen LogP contribution in [-0.2, 0) is 0 Å². The Labute approximate surface area is 131 Å². The van der Waals surface area contributed by atoms with Gasteiger partial charge in [-0.1, -0.05) is 51.9 Å². The molecule has 0 radical (unpaired) electrons. The molecule has 0 bridgehead atoms. The number of piperidine rings is 1. The van der Waals surface area contributed by atoms with Gasteiger partial charge in [0.05, 0.1) is 0 Å². The molecule has 3 unspecified atom stereocenters. The van der Waals surface area contributed by atoms with Crippen LogP contribution in [0.4, 0.5) is 0 Å². The minimum absolute atomic E-state index is 0.371. The van der Waals surface area contributed by atoms with Gasteiger partial charge in [-0.2, -0.15) is 0 Å². The second-order valence-corrected chi connectivity index (χ2v) is 8.00. The summed E-state index contributed by atoms with van der Waals surface area (Å²) < 4.78 is 0. The lowest BCUT2D eigenvalue weighted by Gasteiger charge is -2.51. The minimum Gasteiger partial charge on any atom is -0.326 e. The maximum absolute atomic E-state index is 7.04. The van der Waals surface area contributed by atoms with Gasteiger partial charge >= 0.3 is 0 Å². The van der Waals surface area contributed by atoms with Gasteiger partial charge in [-0.3, -0.25) is 4.90 Å². The lowest BCUT2D eigenvalue weighted by atomic mass is 9.67. The summed E-state index contributed by atoms with van der Waals surface area (Å²) in [5.74, 6) is 1.69. The van der Waals surface area contributed by atoms with Gasteiger partial charge in [0, 0.05) is 11.6 Å². The Bertz CT molecular complexity index is 316. The SMILES string of the molecule is CCC1CCCCC1C(N)C1(N2CCCCC2)CCCC1. The average molecular weight is 293 g/mol. The van der Waals surface area contributed by atoms with Crippen LogP contribution in [0.2, 0.25) is 0 Å². The molecule has 21 heavy (non-hydrogen) atoms. The van der Waals surface area contributed by atoms with Gasteiger partial charge in [-0.05, 0) is 57.0 Å². The number of hydrogen-bond acceptors (Lipinski definition) is 2. The van der Waals surface area contributed by atoms with E-state index >= 15 is 0 Å². The lowest BCUT2D eigenvalue weighted by molar-refractivity contribution is 0.0108. The van der Waals surface area contributed by atoms with Gasteiger partial charge in [-0.15, -0.1) is 0 Å². The Kier molecular flexibility index (Phi) is 5.27. The van der Waals surface area contributed by atoms with Crippen molar-refractivity contribution in [1.82, 2.24) is 4.90 Å². The molecule has 2 N–H and O–H groups in total. The lowest BCUT2D eigenvalue weighted by Crippen LogP contribution is -2.63. The quantitative estimate of drug-likeness (QED) is 0.835. The standard InChI is InChI=1S/C19H36N2/c1-2-16-10-4-5-11-17(16)18(20)19(12-6-7-13-19)21-14-8-3-9-15-21/h16-18H,2-15,20H2,1H3. The molecule has 2 heteroatoms. The number of rotatable bonds is 4. The normalized spacial score (nSPS) is 35.7. The Morgan fingerprint density at radius 1 is 0.952 bits per heavy atom. The summed E-state index contributed by atoms with van der Waals surface area (Å²) in [4.78, 5) is 2.84. The Hall–Kier alpha value is -0.0800. The van der Waals surface area contributed by atoms with Gasteiger partial charge in [0.2, 0.25) is 0 Å². The summed E-state index contributed by atoms with van der Waals surface area (Å²) in [6.07, 6.45) is 16.8. The molecule has 122 valence electrons. The average Bonchev–Trinajstić information content (AvgIpc) is 3.06. The zero-order chi connectivity index (χ0) is 14.7. The number of nitrogens with zero attached hydrogens (tertiary/aromatic N) is 1. The molecule has 0 aromatic carbocycles. The van der Waals surface area contributed by atoms with Crippen molar-refractivity contribution in [3.8, 4) is 0 Å². The maximum Gasteiger partial charge on any atom is 0.0363 e. The number of likely N-dealkylation sites (tertiary alicyclic amines) is 1. The molecule has 0 aromatic heterocycles. The van der Waals surface area contributed by atoms with E-state index in [0.29, 0.717) is 11.6 Å². The predicted molar refractivity (Wildman–Crippen MR) is 90.3 cm³/mol. The second-order valence-electron chi connectivity index (χ2n) is 8.00. The van der Waals surface area contributed by atoms with Crippen molar-refractivity contribution >= 4 is 0 Å². The zero-order valence-electron chi connectivity index (χ0n) is 14.2. The van der Waals surface area contributed by atoms with Crippen LogP contribution in [0.25, 0.3) is 0 Å². The van der Waals surface area contributed by atoms with E-state index in [1.165, 1.54) is 90.1 Å². The van der Waals surface area contributed by atoms with E-state index in [0.717, 1.165) is 11.8 Å². The van der Waals surface area contributed by atoms with Crippen LogP contribution in [0.5, 0.6) is 0 Å². The third-order valence-corrected chi connectivity index (χ3v) is 7.03. The van der Waals surface area contributed by atoms with Crippen LogP contribution in [-0.4, -0.2) is 29.6 Å². The minimum atomic E-state index is 0.371. The molecule has 2 saturated carbocycles. The van der Waals surface area contributed by atoms with Gasteiger partial charge in [-0.25, -0.2) is 0 Å². The number of nitrogens with two attached hydrogens (primary N) is 1. The Morgan fingerprint density at radius 2 is 1.62 bits per heavy atom. The highest BCUT2D eigenvalue weighted by molar-refractivity contribution is 5.06. The maximum atomic E-state index is 7.04. The van der Waals surface area contributed by atoms with Crippen LogP contribution >= 0.6 is 0 Å². The van der Waals surface area contributed by atoms with Crippen molar-refractivity contribution in [1.29, 1.82) is 0 Å². The molecular weight excluding hydrogens is 256 g/mol. The van der Waals surface area contributed by atoms with Crippen molar-refractivity contribution in [2.24, 2.45) is 17.6 Å². The first-order valence-electron chi connectivity index (χ1n) is 9.78. The molecule has 0 spiro atoms. The van der Waals surface area contributed by atoms with Crippen molar-refractivity contribution in [2.75, 3.05) is 13.1 Å². The summed E-state index contributed by atoms with van der Waals surface area (Å²) in [5.41, 5.74) is 7.41. The molecule has 2 nitrogen and oxygen atoms in total. The van der Waals surface area contributed by atoms with Gasteiger partial charge < -0.3 is 5.73 Å². The van der Waals surface area contributed by atoms with Gasteiger partial charge in [0.1, 0.15) is 0 Å². The first-order valence-corrected chi connectivity index (χ1v) is 9.78. The fourth-order valence-corrected chi connectivity index (χ4v) is 5.80. The topological polar surface area (TPSA) is 29.3 Å². The predicted octanol–water partition coefficient (Wildman–Crippen LogP) is 4.33. The van der Waals surface area contributed by atoms with E-state index in [1.807, 2.05) is 0 Å². The Morgan fingerprint density at radius 3 is 2.29 bits per heavy atom. The summed E-state index contributed by atoms with van der Waals surface area (Å²) in [5, 5.41) is 0. The molecule has 1 aliphatic heterocycles. The zero-order valence-corrected chi connectivity index (χ0v) is 14.2. The molecule has 3 atom stereocenters. The Balaban J connectivity index is 1.78. The second kappa shape index (κ2) is 7.00. The highest BCUT2D eigenvalue weighted by atomic mass is 15.2. The first-order chi connectivity index (χ1) is 10.3. The monoisotopic (exact) mass is 292 g/mol. The molecule has 0 amide bonds. The van der Waals surface area contributed by atoms with E-state index in [1.54, 1.807) is 0 Å². The van der Waals surface area contributed by atoms with Crippen LogP contribution in [0.3, 0.4) is 0 Å². The molecule has 0 aromatic rings. The van der Waals surface area contributed by atoms with Crippen molar-refractivity contribution < 1.29 is 0 Å². The smallest absolute Gasteiger partial charge is 0.0363 e. The molecule has 2 aliphatic carbocycles. The molecule has 1 heterocycles. The third-order valence-electron chi connectivity index (χ3n) is 7.03. The summed E-state index contributed by atoms with van der Waals surface area (Å²) in [6, 6.07) is 0.434. The van der Waals surface area contributed by atoms with Crippen LogP contribution in [0.1, 0.15) is 84.0 Å². The van der Waals surface area contributed by atoms with Gasteiger partial charge in [0.15, 0.2) is 0 Å². The highest BCUT2D eigenvalue weighted by Gasteiger charge is 2.48. The molecular formula is C19H36N2.